The summed E-state index contributed by atoms with van der Waals surface area (Å²) in [6.07, 6.45) is 4.24. The summed E-state index contributed by atoms with van der Waals surface area (Å²) in [5, 5.41) is 22.4. The van der Waals surface area contributed by atoms with Gasteiger partial charge in [-0.2, -0.15) is 0 Å². The fraction of sp³-hybridized carbons (Fsp3) is 0.400. The number of carbonyl (C=O) groups excluding carboxylic acids is 1. The molecule has 0 spiro atoms. The van der Waals surface area contributed by atoms with Crippen molar-refractivity contribution in [2.45, 2.75) is 6.42 Å². The summed E-state index contributed by atoms with van der Waals surface area (Å²) in [6.45, 7) is 2.50. The van der Waals surface area contributed by atoms with Crippen molar-refractivity contribution in [2.75, 3.05) is 38.1 Å². The number of aliphatic hydroxyl groups excluding tert-OH is 1. The lowest BCUT2D eigenvalue weighted by Crippen LogP contribution is -2.44. The molecular formula is C20H22F2N4O3. The summed E-state index contributed by atoms with van der Waals surface area (Å²) < 4.78 is 32.3. The largest absolute Gasteiger partial charge is 0.399 e. The van der Waals surface area contributed by atoms with Crippen LogP contribution in [0.1, 0.15) is 6.42 Å². The van der Waals surface area contributed by atoms with E-state index in [9.17, 15) is 13.6 Å². The number of amides is 1. The maximum Gasteiger partial charge on any atom is 0.294 e. The normalized spacial score (nSPS) is 21.4. The van der Waals surface area contributed by atoms with Gasteiger partial charge in [0.2, 0.25) is 5.76 Å². The molecule has 3 rings (SSSR count). The minimum Gasteiger partial charge on any atom is -0.399 e. The van der Waals surface area contributed by atoms with Gasteiger partial charge in [0.25, 0.3) is 5.91 Å². The number of aliphatic hydroxyl groups is 1. The molecule has 7 nitrogen and oxygen atoms in total. The minimum absolute atomic E-state index is 0.00393. The Labute approximate surface area is 167 Å². The average Bonchev–Trinajstić information content (AvgIpc) is 3.46. The molecule has 1 amide bonds. The second-order valence-corrected chi connectivity index (χ2v) is 6.84. The van der Waals surface area contributed by atoms with Gasteiger partial charge in [-0.15, -0.1) is 0 Å². The minimum atomic E-state index is -0.829. The molecule has 2 fully saturated rings. The van der Waals surface area contributed by atoms with Crippen LogP contribution in [-0.4, -0.2) is 54.9 Å². The van der Waals surface area contributed by atoms with Crippen LogP contribution < -0.4 is 10.6 Å². The number of piperazine rings is 1. The number of nitrogens with one attached hydrogen (secondary N) is 3. The molecule has 29 heavy (non-hydrogen) atoms. The number of rotatable bonds is 6. The number of benzene rings is 1. The van der Waals surface area contributed by atoms with Crippen LogP contribution in [-0.2, 0) is 9.53 Å². The van der Waals surface area contributed by atoms with Crippen molar-refractivity contribution < 1.29 is 23.4 Å². The Morgan fingerprint density at radius 2 is 2.03 bits per heavy atom. The van der Waals surface area contributed by atoms with Gasteiger partial charge >= 0.3 is 0 Å². The van der Waals surface area contributed by atoms with Crippen LogP contribution in [0.4, 0.5) is 14.5 Å². The molecule has 154 valence electrons. The van der Waals surface area contributed by atoms with Gasteiger partial charge in [-0.3, -0.25) is 4.79 Å². The number of carbonyl (C=O) groups is 1. The van der Waals surface area contributed by atoms with Gasteiger partial charge in [-0.1, -0.05) is 5.92 Å². The van der Waals surface area contributed by atoms with Gasteiger partial charge in [0.1, 0.15) is 23.4 Å². The molecule has 9 heteroatoms. The van der Waals surface area contributed by atoms with E-state index in [1.807, 2.05) is 0 Å². The van der Waals surface area contributed by atoms with E-state index < -0.39 is 17.5 Å². The molecule has 1 unspecified atom stereocenters. The Hall–Kier alpha value is -2.96. The van der Waals surface area contributed by atoms with Crippen LogP contribution in [0.5, 0.6) is 0 Å². The molecule has 0 radical (unpaired) electrons. The van der Waals surface area contributed by atoms with Gasteiger partial charge in [-0.25, -0.2) is 8.78 Å². The van der Waals surface area contributed by atoms with Gasteiger partial charge < -0.3 is 30.8 Å². The number of nitrogens with zero attached hydrogens (tertiary/aromatic N) is 1. The molecule has 4 N–H and O–H groups in total. The van der Waals surface area contributed by atoms with Crippen molar-refractivity contribution in [3.8, 4) is 12.0 Å². The topological polar surface area (TPSA) is 97.7 Å². The van der Waals surface area contributed by atoms with E-state index in [0.717, 1.165) is 24.8 Å². The molecule has 1 saturated heterocycles. The fourth-order valence-corrected chi connectivity index (χ4v) is 3.02. The highest BCUT2D eigenvalue weighted by molar-refractivity contribution is 6.05. The standard InChI is InChI=1S/C20H22F2N4O3/c21-15-8-16(22)10-17(9-15)25-20(28)19(29-6-1-13-7-14(13)12-27)18(11-23)26-4-2-24-3-5-26/h8-11,13-14,23-24,27H,2-5,7,12H2,(H,25,28)/b19-18-,23-11?/t13?,14-/m1/s1. The molecule has 0 aromatic heterocycles. The number of hydrogen-bond donors (Lipinski definition) is 4. The van der Waals surface area contributed by atoms with Gasteiger partial charge in [0.05, 0.1) is 0 Å². The molecule has 2 aliphatic rings. The Bertz CT molecular complexity index is 852. The maximum atomic E-state index is 13.4. The van der Waals surface area contributed by atoms with Crippen molar-refractivity contribution in [3.05, 3.63) is 41.3 Å². The molecule has 1 aliphatic carbocycles. The van der Waals surface area contributed by atoms with Crippen molar-refractivity contribution in [2.24, 2.45) is 11.8 Å². The Morgan fingerprint density at radius 1 is 1.34 bits per heavy atom. The molecular weight excluding hydrogens is 382 g/mol. The number of allylic oxidation sites excluding steroid dienone is 1. The molecule has 1 aliphatic heterocycles. The SMILES string of the molecule is N=C/C(=C(/OC#CC1C[C@@H]1CO)C(=O)Nc1cc(F)cc(F)c1)N1CCNCC1. The van der Waals surface area contributed by atoms with Gasteiger partial charge in [0.15, 0.2) is 0 Å². The number of anilines is 1. The predicted octanol–water partition coefficient (Wildman–Crippen LogP) is 1.28. The van der Waals surface area contributed by atoms with Crippen LogP contribution in [0.3, 0.4) is 0 Å². The Kier molecular flexibility index (Phi) is 6.80. The predicted molar refractivity (Wildman–Crippen MR) is 103 cm³/mol. The molecule has 1 heterocycles. The summed E-state index contributed by atoms with van der Waals surface area (Å²) in [7, 11) is 0. The van der Waals surface area contributed by atoms with E-state index >= 15 is 0 Å². The van der Waals surface area contributed by atoms with Crippen LogP contribution in [0, 0.1) is 40.9 Å². The lowest BCUT2D eigenvalue weighted by Gasteiger charge is -2.30. The molecule has 1 saturated carbocycles. The molecule has 2 atom stereocenters. The smallest absolute Gasteiger partial charge is 0.294 e. The van der Waals surface area contributed by atoms with E-state index in [1.165, 1.54) is 0 Å². The van der Waals surface area contributed by atoms with Gasteiger partial charge in [0, 0.05) is 56.7 Å². The Morgan fingerprint density at radius 3 is 2.62 bits per heavy atom. The first kappa shape index (κ1) is 20.8. The summed E-state index contributed by atoms with van der Waals surface area (Å²) in [5.74, 6) is 0.300. The summed E-state index contributed by atoms with van der Waals surface area (Å²) in [4.78, 5) is 14.6. The second kappa shape index (κ2) is 9.49. The number of halogens is 2. The van der Waals surface area contributed by atoms with E-state index in [4.69, 9.17) is 15.3 Å². The van der Waals surface area contributed by atoms with Crippen LogP contribution in [0.2, 0.25) is 0 Å². The first-order chi connectivity index (χ1) is 14.0. The van der Waals surface area contributed by atoms with Crippen molar-refractivity contribution in [1.29, 1.82) is 5.41 Å². The Balaban J connectivity index is 1.84. The van der Waals surface area contributed by atoms with E-state index in [-0.39, 0.29) is 35.6 Å². The number of ether oxygens (including phenoxy) is 1. The highest BCUT2D eigenvalue weighted by Crippen LogP contribution is 2.36. The van der Waals surface area contributed by atoms with Crippen LogP contribution in [0.25, 0.3) is 0 Å². The van der Waals surface area contributed by atoms with E-state index in [1.54, 1.807) is 4.90 Å². The molecule has 0 bridgehead atoms. The summed E-state index contributed by atoms with van der Waals surface area (Å²) >= 11 is 0. The third-order valence-electron chi connectivity index (χ3n) is 4.71. The van der Waals surface area contributed by atoms with E-state index in [2.05, 4.69) is 22.7 Å². The van der Waals surface area contributed by atoms with Gasteiger partial charge in [-0.05, 0) is 24.5 Å². The number of hydrogen-bond acceptors (Lipinski definition) is 6. The van der Waals surface area contributed by atoms with Crippen molar-refractivity contribution in [1.82, 2.24) is 10.2 Å². The second-order valence-electron chi connectivity index (χ2n) is 6.84. The summed E-state index contributed by atoms with van der Waals surface area (Å²) in [6, 6.07) is 2.66. The monoisotopic (exact) mass is 404 g/mol. The fourth-order valence-electron chi connectivity index (χ4n) is 3.02. The van der Waals surface area contributed by atoms with Crippen LogP contribution in [0.15, 0.2) is 29.7 Å². The third-order valence-corrected chi connectivity index (χ3v) is 4.71. The van der Waals surface area contributed by atoms with Crippen molar-refractivity contribution in [3.63, 3.8) is 0 Å². The lowest BCUT2D eigenvalue weighted by atomic mass is 10.2. The zero-order chi connectivity index (χ0) is 20.8. The lowest BCUT2D eigenvalue weighted by molar-refractivity contribution is -0.115. The molecule has 1 aromatic rings. The first-order valence-electron chi connectivity index (χ1n) is 9.28. The third kappa shape index (κ3) is 5.53. The average molecular weight is 404 g/mol. The zero-order valence-corrected chi connectivity index (χ0v) is 15.7. The van der Waals surface area contributed by atoms with Crippen molar-refractivity contribution >= 4 is 17.8 Å². The quantitative estimate of drug-likeness (QED) is 0.248. The summed E-state index contributed by atoms with van der Waals surface area (Å²) in [5.41, 5.74) is 0.151. The van der Waals surface area contributed by atoms with E-state index in [0.29, 0.717) is 32.2 Å². The highest BCUT2D eigenvalue weighted by Gasteiger charge is 2.35. The first-order valence-corrected chi connectivity index (χ1v) is 9.28. The van der Waals surface area contributed by atoms with Crippen LogP contribution >= 0.6 is 0 Å². The zero-order valence-electron chi connectivity index (χ0n) is 15.7. The molecule has 1 aromatic carbocycles. The maximum absolute atomic E-state index is 13.4. The highest BCUT2D eigenvalue weighted by atomic mass is 19.1.